The highest BCUT2D eigenvalue weighted by molar-refractivity contribution is 6.35. The Bertz CT molecular complexity index is 965. The zero-order valence-corrected chi connectivity index (χ0v) is 16.6. The normalized spacial score (nSPS) is 12.4. The number of nitrogens with zero attached hydrogens (tertiary/aromatic N) is 1. The Labute approximate surface area is 163 Å². The van der Waals surface area contributed by atoms with Crippen molar-refractivity contribution in [2.75, 3.05) is 27.7 Å². The third-order valence-electron chi connectivity index (χ3n) is 4.70. The Morgan fingerprint density at radius 2 is 1.96 bits per heavy atom. The van der Waals surface area contributed by atoms with Crippen molar-refractivity contribution in [3.05, 3.63) is 64.4 Å². The summed E-state index contributed by atoms with van der Waals surface area (Å²) < 4.78 is 11.2. The molecular weight excluding hydrogens is 364 g/mol. The summed E-state index contributed by atoms with van der Waals surface area (Å²) in [5.41, 5.74) is 2.33. The topological polar surface area (TPSA) is 54.7 Å². The van der Waals surface area contributed by atoms with E-state index in [0.717, 1.165) is 22.3 Å². The first-order chi connectivity index (χ1) is 12.9. The molecule has 1 amide bonds. The van der Waals surface area contributed by atoms with Crippen LogP contribution in [0, 0.1) is 6.92 Å². The van der Waals surface area contributed by atoms with Gasteiger partial charge in [-0.1, -0.05) is 41.9 Å². The molecule has 0 aliphatic carbocycles. The number of likely N-dealkylation sites (N-methyl/N-ethyl adjacent to an activating group) is 1. The number of hydrogen-bond acceptors (Lipinski definition) is 4. The largest absolute Gasteiger partial charge is 0.496 e. The number of carbonyl (C=O) groups excluding carboxylic acids is 1. The first-order valence-electron chi connectivity index (χ1n) is 8.69. The molecule has 1 atom stereocenters. The van der Waals surface area contributed by atoms with Gasteiger partial charge in [0.25, 0.3) is 5.91 Å². The lowest BCUT2D eigenvalue weighted by molar-refractivity contribution is 0.0915. The van der Waals surface area contributed by atoms with Crippen LogP contribution in [0.3, 0.4) is 0 Å². The van der Waals surface area contributed by atoms with Crippen molar-refractivity contribution in [1.29, 1.82) is 0 Å². The molecule has 0 saturated heterocycles. The van der Waals surface area contributed by atoms with Gasteiger partial charge in [0.15, 0.2) is 11.3 Å². The van der Waals surface area contributed by atoms with E-state index in [1.54, 1.807) is 13.2 Å². The molecule has 27 heavy (non-hydrogen) atoms. The molecule has 5 nitrogen and oxygen atoms in total. The second-order valence-corrected chi connectivity index (χ2v) is 7.01. The van der Waals surface area contributed by atoms with Gasteiger partial charge in [-0.2, -0.15) is 0 Å². The number of methoxy groups -OCH3 is 1. The summed E-state index contributed by atoms with van der Waals surface area (Å²) in [6.45, 7) is 2.27. The van der Waals surface area contributed by atoms with Crippen molar-refractivity contribution in [1.82, 2.24) is 10.2 Å². The zero-order chi connectivity index (χ0) is 19.6. The molecule has 0 saturated carbocycles. The van der Waals surface area contributed by atoms with Crippen molar-refractivity contribution in [3.63, 3.8) is 0 Å². The lowest BCUT2D eigenvalue weighted by Crippen LogP contribution is -2.34. The molecule has 0 aliphatic heterocycles. The van der Waals surface area contributed by atoms with Gasteiger partial charge < -0.3 is 19.4 Å². The lowest BCUT2D eigenvalue weighted by Gasteiger charge is -2.26. The van der Waals surface area contributed by atoms with Crippen LogP contribution in [0.5, 0.6) is 5.75 Å². The van der Waals surface area contributed by atoms with E-state index < -0.39 is 0 Å². The number of hydrogen-bond donors (Lipinski definition) is 1. The van der Waals surface area contributed by atoms with Gasteiger partial charge in [0.05, 0.1) is 18.2 Å². The third-order valence-corrected chi connectivity index (χ3v) is 5.00. The van der Waals surface area contributed by atoms with E-state index in [-0.39, 0.29) is 17.7 Å². The van der Waals surface area contributed by atoms with E-state index in [1.165, 1.54) is 0 Å². The molecule has 1 N–H and O–H groups in total. The second kappa shape index (κ2) is 8.03. The van der Waals surface area contributed by atoms with Gasteiger partial charge in [-0.15, -0.1) is 0 Å². The minimum Gasteiger partial charge on any atom is -0.496 e. The molecule has 1 heterocycles. The molecule has 3 aromatic rings. The fourth-order valence-electron chi connectivity index (χ4n) is 3.21. The van der Waals surface area contributed by atoms with Crippen LogP contribution in [0.2, 0.25) is 5.02 Å². The number of ether oxygens (including phenoxy) is 1. The van der Waals surface area contributed by atoms with E-state index in [1.807, 2.05) is 62.3 Å². The quantitative estimate of drug-likeness (QED) is 0.680. The zero-order valence-electron chi connectivity index (χ0n) is 15.9. The minimum atomic E-state index is -0.262. The fraction of sp³-hybridized carbons (Fsp3) is 0.286. The van der Waals surface area contributed by atoms with Crippen LogP contribution in [0.25, 0.3) is 11.0 Å². The summed E-state index contributed by atoms with van der Waals surface area (Å²) in [4.78, 5) is 14.8. The summed E-state index contributed by atoms with van der Waals surface area (Å²) in [5.74, 6) is 0.814. The number of para-hydroxylation sites is 2. The summed E-state index contributed by atoms with van der Waals surface area (Å²) in [7, 11) is 5.58. The van der Waals surface area contributed by atoms with Crippen molar-refractivity contribution >= 4 is 28.5 Å². The van der Waals surface area contributed by atoms with E-state index in [2.05, 4.69) is 5.32 Å². The number of aryl methyl sites for hydroxylation is 1. The summed E-state index contributed by atoms with van der Waals surface area (Å²) in [5, 5.41) is 4.32. The maximum atomic E-state index is 12.8. The molecule has 2 aromatic carbocycles. The molecule has 1 unspecified atom stereocenters. The maximum absolute atomic E-state index is 12.8. The number of amides is 1. The van der Waals surface area contributed by atoms with Crippen LogP contribution < -0.4 is 10.1 Å². The lowest BCUT2D eigenvalue weighted by atomic mass is 10.0. The fourth-order valence-corrected chi connectivity index (χ4v) is 3.42. The van der Waals surface area contributed by atoms with Crippen molar-refractivity contribution in [2.45, 2.75) is 13.0 Å². The number of rotatable bonds is 6. The second-order valence-electron chi connectivity index (χ2n) is 6.60. The first-order valence-corrected chi connectivity index (χ1v) is 9.07. The highest BCUT2D eigenvalue weighted by Gasteiger charge is 2.22. The SMILES string of the molecule is COc1ccccc1C(CNC(=O)c1oc2c(Cl)cccc2c1C)N(C)C. The van der Waals surface area contributed by atoms with E-state index in [9.17, 15) is 4.79 Å². The van der Waals surface area contributed by atoms with Gasteiger partial charge in [-0.3, -0.25) is 4.79 Å². The number of carbonyl (C=O) groups is 1. The summed E-state index contributed by atoms with van der Waals surface area (Å²) >= 11 is 6.18. The van der Waals surface area contributed by atoms with Gasteiger partial charge in [0.1, 0.15) is 5.75 Å². The Hall–Kier alpha value is -2.50. The van der Waals surface area contributed by atoms with Gasteiger partial charge in [-0.25, -0.2) is 0 Å². The molecular formula is C21H23ClN2O3. The minimum absolute atomic E-state index is 0.0432. The van der Waals surface area contributed by atoms with E-state index in [4.69, 9.17) is 20.8 Å². The molecule has 1 aromatic heterocycles. The van der Waals surface area contributed by atoms with Gasteiger partial charge in [0.2, 0.25) is 0 Å². The summed E-state index contributed by atoms with van der Waals surface area (Å²) in [6.07, 6.45) is 0. The average molecular weight is 387 g/mol. The van der Waals surface area contributed by atoms with Crippen molar-refractivity contribution in [2.24, 2.45) is 0 Å². The molecule has 0 aliphatic rings. The van der Waals surface area contributed by atoms with Crippen LogP contribution >= 0.6 is 11.6 Å². The number of fused-ring (bicyclic) bond motifs is 1. The predicted molar refractivity (Wildman–Crippen MR) is 108 cm³/mol. The number of halogens is 1. The molecule has 142 valence electrons. The van der Waals surface area contributed by atoms with Crippen LogP contribution in [0.4, 0.5) is 0 Å². The van der Waals surface area contributed by atoms with Gasteiger partial charge in [-0.05, 0) is 33.2 Å². The standard InChI is InChI=1S/C21H23ClN2O3/c1-13-14-9-7-10-16(22)20(14)27-19(13)21(25)23-12-17(24(2)3)15-8-5-6-11-18(15)26-4/h5-11,17H,12H2,1-4H3,(H,23,25). The number of benzene rings is 2. The Kier molecular flexibility index (Phi) is 5.73. The molecule has 0 radical (unpaired) electrons. The van der Waals surface area contributed by atoms with Gasteiger partial charge >= 0.3 is 0 Å². The smallest absolute Gasteiger partial charge is 0.287 e. The Morgan fingerprint density at radius 1 is 1.22 bits per heavy atom. The van der Waals surface area contributed by atoms with Crippen molar-refractivity contribution < 1.29 is 13.9 Å². The molecule has 0 spiro atoms. The van der Waals surface area contributed by atoms with Crippen LogP contribution in [-0.4, -0.2) is 38.6 Å². The maximum Gasteiger partial charge on any atom is 0.287 e. The summed E-state index contributed by atoms with van der Waals surface area (Å²) in [6, 6.07) is 13.3. The van der Waals surface area contributed by atoms with E-state index >= 15 is 0 Å². The van der Waals surface area contributed by atoms with Crippen molar-refractivity contribution in [3.8, 4) is 5.75 Å². The number of furan rings is 1. The predicted octanol–water partition coefficient (Wildman–Crippen LogP) is 4.44. The third kappa shape index (κ3) is 3.80. The molecule has 3 rings (SSSR count). The van der Waals surface area contributed by atoms with Crippen LogP contribution in [0.1, 0.15) is 27.7 Å². The van der Waals surface area contributed by atoms with E-state index in [0.29, 0.717) is 17.2 Å². The Morgan fingerprint density at radius 3 is 2.63 bits per heavy atom. The average Bonchev–Trinajstić information content (AvgIpc) is 3.00. The monoisotopic (exact) mass is 386 g/mol. The van der Waals surface area contributed by atoms with Gasteiger partial charge in [0, 0.05) is 23.1 Å². The molecule has 6 heteroatoms. The number of nitrogens with one attached hydrogen (secondary N) is 1. The first kappa shape index (κ1) is 19.3. The highest BCUT2D eigenvalue weighted by atomic mass is 35.5. The molecule has 0 bridgehead atoms. The highest BCUT2D eigenvalue weighted by Crippen LogP contribution is 2.31. The molecule has 0 fully saturated rings. The van der Waals surface area contributed by atoms with Crippen LogP contribution in [0.15, 0.2) is 46.9 Å². The Balaban J connectivity index is 1.83. The van der Waals surface area contributed by atoms with Crippen LogP contribution in [-0.2, 0) is 0 Å².